The van der Waals surface area contributed by atoms with E-state index in [1.54, 1.807) is 6.92 Å². The quantitative estimate of drug-likeness (QED) is 0.623. The van der Waals surface area contributed by atoms with Gasteiger partial charge >= 0.3 is 6.18 Å². The lowest BCUT2D eigenvalue weighted by atomic mass is 10.5. The van der Waals surface area contributed by atoms with Crippen LogP contribution in [0.15, 0.2) is 5.10 Å². The van der Waals surface area contributed by atoms with Crippen molar-refractivity contribution in [3.8, 4) is 0 Å². The smallest absolute Gasteiger partial charge is 0.332 e. The van der Waals surface area contributed by atoms with Crippen molar-refractivity contribution in [2.24, 2.45) is 5.10 Å². The molecule has 0 fully saturated rings. The topological polar surface area (TPSA) is 27.6 Å². The zero-order valence-corrected chi connectivity index (χ0v) is 5.94. The number of nitrogens with one attached hydrogen (secondary N) is 1. The monoisotopic (exact) mass is 167 g/mol. The van der Waals surface area contributed by atoms with Gasteiger partial charge in [-0.2, -0.15) is 18.3 Å². The molecule has 11 heavy (non-hydrogen) atoms. The summed E-state index contributed by atoms with van der Waals surface area (Å²) in [7, 11) is 0. The molecule has 0 saturated carbocycles. The van der Waals surface area contributed by atoms with E-state index >= 15 is 0 Å². The van der Waals surface area contributed by atoms with Crippen LogP contribution in [0.2, 0.25) is 0 Å². The van der Waals surface area contributed by atoms with Crippen LogP contribution in [0.1, 0.15) is 6.92 Å². The average Bonchev–Trinajstić information content (AvgIpc) is 2.31. The highest BCUT2D eigenvalue weighted by atomic mass is 19.4. The molecular weight excluding hydrogens is 159 g/mol. The fraction of sp³-hybridized carbons (Fsp3) is 0.800. The van der Waals surface area contributed by atoms with Crippen molar-refractivity contribution in [2.45, 2.75) is 13.1 Å². The molecule has 0 unspecified atom stereocenters. The predicted octanol–water partition coefficient (Wildman–Crippen LogP) is 0.745. The molecule has 0 amide bonds. The zero-order chi connectivity index (χ0) is 8.48. The van der Waals surface area contributed by atoms with Crippen LogP contribution in [0.5, 0.6) is 0 Å². The summed E-state index contributed by atoms with van der Waals surface area (Å²) in [5.41, 5.74) is 2.27. The lowest BCUT2D eigenvalue weighted by molar-refractivity contribution is -0.0671. The average molecular weight is 167 g/mol. The van der Waals surface area contributed by atoms with Crippen molar-refractivity contribution in [2.75, 3.05) is 13.2 Å². The van der Waals surface area contributed by atoms with Gasteiger partial charge in [0, 0.05) is 6.54 Å². The van der Waals surface area contributed by atoms with Gasteiger partial charge in [-0.05, 0) is 6.92 Å². The van der Waals surface area contributed by atoms with Crippen LogP contribution in [-0.4, -0.2) is 30.1 Å². The standard InChI is InChI=1S/C5H8F3N3/c1-2-11-3-9-10-4(11)5(6,7)8/h9H,2-3H2,1H3. The van der Waals surface area contributed by atoms with Gasteiger partial charge in [0.1, 0.15) is 6.67 Å². The van der Waals surface area contributed by atoms with Crippen LogP contribution in [-0.2, 0) is 0 Å². The molecule has 64 valence electrons. The van der Waals surface area contributed by atoms with Gasteiger partial charge in [0.25, 0.3) is 0 Å². The molecule has 0 radical (unpaired) electrons. The fourth-order valence-corrected chi connectivity index (χ4v) is 0.845. The molecule has 1 heterocycles. The van der Waals surface area contributed by atoms with Gasteiger partial charge in [0.15, 0.2) is 0 Å². The number of hydrogen-bond donors (Lipinski definition) is 1. The fourth-order valence-electron chi connectivity index (χ4n) is 0.845. The molecule has 0 aromatic heterocycles. The number of halogens is 3. The summed E-state index contributed by atoms with van der Waals surface area (Å²) < 4.78 is 36.0. The van der Waals surface area contributed by atoms with Gasteiger partial charge in [-0.1, -0.05) is 0 Å². The second kappa shape index (κ2) is 2.60. The van der Waals surface area contributed by atoms with Crippen LogP contribution in [0.4, 0.5) is 13.2 Å². The molecular formula is C5H8F3N3. The van der Waals surface area contributed by atoms with Gasteiger partial charge in [-0.25, -0.2) is 0 Å². The first-order chi connectivity index (χ1) is 5.05. The van der Waals surface area contributed by atoms with Gasteiger partial charge in [0.2, 0.25) is 5.84 Å². The zero-order valence-electron chi connectivity index (χ0n) is 5.94. The summed E-state index contributed by atoms with van der Waals surface area (Å²) in [6.45, 7) is 2.10. The normalized spacial score (nSPS) is 18.2. The first kappa shape index (κ1) is 8.16. The minimum Gasteiger partial charge on any atom is -0.332 e. The van der Waals surface area contributed by atoms with Crippen LogP contribution in [0, 0.1) is 0 Å². The summed E-state index contributed by atoms with van der Waals surface area (Å²) in [6.07, 6.45) is -4.33. The highest BCUT2D eigenvalue weighted by molar-refractivity contribution is 5.88. The van der Waals surface area contributed by atoms with Gasteiger partial charge in [0.05, 0.1) is 0 Å². The molecule has 0 saturated heterocycles. The van der Waals surface area contributed by atoms with Crippen molar-refractivity contribution in [1.29, 1.82) is 0 Å². The highest BCUT2D eigenvalue weighted by Gasteiger charge is 2.41. The van der Waals surface area contributed by atoms with E-state index in [2.05, 4.69) is 10.5 Å². The second-order valence-corrected chi connectivity index (χ2v) is 2.11. The molecule has 1 aliphatic rings. The van der Waals surface area contributed by atoms with E-state index in [1.165, 1.54) is 0 Å². The summed E-state index contributed by atoms with van der Waals surface area (Å²) in [4.78, 5) is 1.12. The Morgan fingerprint density at radius 2 is 2.27 bits per heavy atom. The maximum absolute atomic E-state index is 12.0. The number of hydrazone groups is 1. The number of rotatable bonds is 1. The maximum Gasteiger partial charge on any atom is 0.451 e. The van der Waals surface area contributed by atoms with E-state index in [-0.39, 0.29) is 6.67 Å². The third-order valence-corrected chi connectivity index (χ3v) is 1.38. The Morgan fingerprint density at radius 1 is 1.64 bits per heavy atom. The molecule has 6 heteroatoms. The van der Waals surface area contributed by atoms with Crippen molar-refractivity contribution in [1.82, 2.24) is 10.3 Å². The Morgan fingerprint density at radius 3 is 2.64 bits per heavy atom. The van der Waals surface area contributed by atoms with Gasteiger partial charge in [-0.15, -0.1) is 0 Å². The van der Waals surface area contributed by atoms with E-state index in [1.807, 2.05) is 0 Å². The lowest BCUT2D eigenvalue weighted by Crippen LogP contribution is -2.38. The number of nitrogens with zero attached hydrogens (tertiary/aromatic N) is 2. The molecule has 1 N–H and O–H groups in total. The van der Waals surface area contributed by atoms with E-state index in [0.717, 1.165) is 4.90 Å². The molecule has 0 aromatic carbocycles. The summed E-state index contributed by atoms with van der Waals surface area (Å²) >= 11 is 0. The Labute approximate surface area is 61.9 Å². The molecule has 0 bridgehead atoms. The SMILES string of the molecule is CCN1CNN=C1C(F)(F)F. The first-order valence-corrected chi connectivity index (χ1v) is 3.18. The van der Waals surface area contributed by atoms with Crippen molar-refractivity contribution < 1.29 is 13.2 Å². The summed E-state index contributed by atoms with van der Waals surface area (Å²) in [6, 6.07) is 0. The van der Waals surface area contributed by atoms with E-state index in [4.69, 9.17) is 0 Å². The molecule has 0 spiro atoms. The van der Waals surface area contributed by atoms with Gasteiger partial charge < -0.3 is 4.90 Å². The van der Waals surface area contributed by atoms with Crippen molar-refractivity contribution >= 4 is 5.84 Å². The number of hydrogen-bond acceptors (Lipinski definition) is 3. The third kappa shape index (κ3) is 1.55. The summed E-state index contributed by atoms with van der Waals surface area (Å²) in [5.74, 6) is -0.833. The largest absolute Gasteiger partial charge is 0.451 e. The summed E-state index contributed by atoms with van der Waals surface area (Å²) in [5, 5.41) is 3.13. The van der Waals surface area contributed by atoms with Crippen LogP contribution in [0.25, 0.3) is 0 Å². The minimum absolute atomic E-state index is 0.144. The lowest BCUT2D eigenvalue weighted by Gasteiger charge is -2.17. The van der Waals surface area contributed by atoms with Crippen LogP contribution < -0.4 is 5.43 Å². The van der Waals surface area contributed by atoms with E-state index < -0.39 is 12.0 Å². The molecule has 0 atom stereocenters. The second-order valence-electron chi connectivity index (χ2n) is 2.11. The predicted molar refractivity (Wildman–Crippen MR) is 33.9 cm³/mol. The molecule has 0 aliphatic carbocycles. The highest BCUT2D eigenvalue weighted by Crippen LogP contribution is 2.20. The number of amidine groups is 1. The van der Waals surface area contributed by atoms with Crippen molar-refractivity contribution in [3.05, 3.63) is 0 Å². The Balaban J connectivity index is 2.71. The Kier molecular flexibility index (Phi) is 1.92. The van der Waals surface area contributed by atoms with Crippen LogP contribution >= 0.6 is 0 Å². The molecule has 1 aliphatic heterocycles. The third-order valence-electron chi connectivity index (χ3n) is 1.38. The molecule has 3 nitrogen and oxygen atoms in total. The minimum atomic E-state index is -4.33. The van der Waals surface area contributed by atoms with Crippen molar-refractivity contribution in [3.63, 3.8) is 0 Å². The van der Waals surface area contributed by atoms with Gasteiger partial charge in [-0.3, -0.25) is 5.43 Å². The van der Waals surface area contributed by atoms with Crippen LogP contribution in [0.3, 0.4) is 0 Å². The van der Waals surface area contributed by atoms with E-state index in [0.29, 0.717) is 6.54 Å². The van der Waals surface area contributed by atoms with E-state index in [9.17, 15) is 13.2 Å². The maximum atomic E-state index is 12.0. The first-order valence-electron chi connectivity index (χ1n) is 3.18. The number of alkyl halides is 3. The molecule has 0 aromatic rings. The Bertz CT molecular complexity index is 174. The molecule has 1 rings (SSSR count). The Hall–Kier alpha value is -0.940.